The third-order valence-corrected chi connectivity index (χ3v) is 4.07. The van der Waals surface area contributed by atoms with Crippen molar-refractivity contribution < 1.29 is 9.59 Å². The predicted molar refractivity (Wildman–Crippen MR) is 113 cm³/mol. The van der Waals surface area contributed by atoms with E-state index in [9.17, 15) is 9.59 Å². The highest BCUT2D eigenvalue weighted by molar-refractivity contribution is 5.91. The van der Waals surface area contributed by atoms with Gasteiger partial charge in [-0.2, -0.15) is 10.2 Å². The van der Waals surface area contributed by atoms with Gasteiger partial charge in [0.1, 0.15) is 0 Å². The van der Waals surface area contributed by atoms with Gasteiger partial charge in [0.2, 0.25) is 11.8 Å². The fraction of sp³-hybridized carbons (Fsp3) is 0.130. The molecule has 29 heavy (non-hydrogen) atoms. The van der Waals surface area contributed by atoms with Crippen LogP contribution in [0, 0.1) is 0 Å². The number of hydrogen-bond acceptors (Lipinski definition) is 4. The second-order valence-electron chi connectivity index (χ2n) is 6.39. The molecule has 0 saturated carbocycles. The summed E-state index contributed by atoms with van der Waals surface area (Å²) in [5.74, 6) is -0.263. The number of hydrogen-bond donors (Lipinski definition) is 2. The zero-order valence-electron chi connectivity index (χ0n) is 15.9. The lowest BCUT2D eigenvalue weighted by Crippen LogP contribution is -2.28. The summed E-state index contributed by atoms with van der Waals surface area (Å²) in [5.41, 5.74) is 3.09. The molecule has 0 radical (unpaired) electrons. The van der Waals surface area contributed by atoms with Crippen molar-refractivity contribution in [2.24, 2.45) is 10.2 Å². The van der Waals surface area contributed by atoms with Crippen LogP contribution in [0.2, 0.25) is 0 Å². The zero-order chi connectivity index (χ0) is 20.3. The number of benzene rings is 3. The van der Waals surface area contributed by atoms with Gasteiger partial charge in [-0.3, -0.25) is 9.59 Å². The van der Waals surface area contributed by atoms with E-state index in [-0.39, 0.29) is 18.2 Å². The maximum atomic E-state index is 12.0. The summed E-state index contributed by atoms with van der Waals surface area (Å²) in [4.78, 5) is 23.9. The molecule has 0 saturated heterocycles. The van der Waals surface area contributed by atoms with E-state index in [1.165, 1.54) is 0 Å². The van der Waals surface area contributed by atoms with E-state index in [1.54, 1.807) is 24.3 Å². The fourth-order valence-electron chi connectivity index (χ4n) is 2.60. The summed E-state index contributed by atoms with van der Waals surface area (Å²) in [5, 5.41) is 13.9. The molecule has 2 N–H and O–H groups in total. The Morgan fingerprint density at radius 1 is 0.690 bits per heavy atom. The zero-order valence-corrected chi connectivity index (χ0v) is 15.9. The van der Waals surface area contributed by atoms with Crippen LogP contribution < -0.4 is 10.6 Å². The van der Waals surface area contributed by atoms with Gasteiger partial charge < -0.3 is 10.6 Å². The maximum Gasteiger partial charge on any atom is 0.226 e. The van der Waals surface area contributed by atoms with Gasteiger partial charge in [0, 0.05) is 18.7 Å². The van der Waals surface area contributed by atoms with Gasteiger partial charge >= 0.3 is 0 Å². The Labute approximate surface area is 169 Å². The lowest BCUT2D eigenvalue weighted by molar-refractivity contribution is -0.120. The minimum Gasteiger partial charge on any atom is -0.355 e. The van der Waals surface area contributed by atoms with Crippen LogP contribution in [-0.4, -0.2) is 18.4 Å². The van der Waals surface area contributed by atoms with Crippen LogP contribution >= 0.6 is 0 Å². The van der Waals surface area contributed by atoms with Crippen LogP contribution in [0.5, 0.6) is 0 Å². The minimum atomic E-state index is -0.163. The summed E-state index contributed by atoms with van der Waals surface area (Å²) in [6.45, 7) is 0.293. The Hall–Kier alpha value is -3.80. The van der Waals surface area contributed by atoms with Gasteiger partial charge in [0.15, 0.2) is 0 Å². The molecule has 0 heterocycles. The van der Waals surface area contributed by atoms with E-state index in [0.717, 1.165) is 11.3 Å². The van der Waals surface area contributed by atoms with E-state index in [2.05, 4.69) is 20.9 Å². The molecule has 0 bridgehead atoms. The van der Waals surface area contributed by atoms with Crippen molar-refractivity contribution in [2.45, 2.75) is 12.8 Å². The van der Waals surface area contributed by atoms with E-state index in [1.807, 2.05) is 60.7 Å². The van der Waals surface area contributed by atoms with E-state index in [0.29, 0.717) is 24.3 Å². The molecule has 2 amide bonds. The van der Waals surface area contributed by atoms with Gasteiger partial charge in [-0.05, 0) is 42.0 Å². The molecule has 3 rings (SSSR count). The van der Waals surface area contributed by atoms with Crippen molar-refractivity contribution in [2.75, 3.05) is 11.9 Å². The first-order chi connectivity index (χ1) is 14.2. The molecule has 0 aliphatic rings. The summed E-state index contributed by atoms with van der Waals surface area (Å²) in [6.07, 6.45) is 0.511. The standard InChI is InChI=1S/C23H22N4O2/c28-22(15-16-24-23(29)17-18-7-3-1-4-8-18)25-19-11-13-21(14-12-19)27-26-20-9-5-2-6-10-20/h1-14H,15-17H2,(H,24,29)(H,25,28). The highest BCUT2D eigenvalue weighted by Gasteiger charge is 2.06. The van der Waals surface area contributed by atoms with Crippen molar-refractivity contribution >= 4 is 28.9 Å². The Kier molecular flexibility index (Phi) is 7.23. The largest absolute Gasteiger partial charge is 0.355 e. The van der Waals surface area contributed by atoms with Crippen LogP contribution in [0.3, 0.4) is 0 Å². The molecule has 6 heteroatoms. The number of rotatable bonds is 8. The second-order valence-corrected chi connectivity index (χ2v) is 6.39. The van der Waals surface area contributed by atoms with Gasteiger partial charge in [0.05, 0.1) is 17.8 Å². The van der Waals surface area contributed by atoms with Gasteiger partial charge in [-0.15, -0.1) is 0 Å². The average molecular weight is 386 g/mol. The highest BCUT2D eigenvalue weighted by Crippen LogP contribution is 2.20. The smallest absolute Gasteiger partial charge is 0.226 e. The molecular formula is C23H22N4O2. The molecule has 146 valence electrons. The third kappa shape index (κ3) is 7.03. The van der Waals surface area contributed by atoms with Crippen molar-refractivity contribution in [1.82, 2.24) is 5.32 Å². The lowest BCUT2D eigenvalue weighted by Gasteiger charge is -2.07. The quantitative estimate of drug-likeness (QED) is 0.546. The molecule has 3 aromatic carbocycles. The Morgan fingerprint density at radius 3 is 1.93 bits per heavy atom. The molecule has 6 nitrogen and oxygen atoms in total. The fourth-order valence-corrected chi connectivity index (χ4v) is 2.60. The second kappa shape index (κ2) is 10.5. The molecule has 0 atom stereocenters. The normalized spacial score (nSPS) is 10.6. The number of amides is 2. The SMILES string of the molecule is O=C(Cc1ccccc1)NCCC(=O)Nc1ccc(N=Nc2ccccc2)cc1. The predicted octanol–water partition coefficient (Wildman–Crippen LogP) is 4.79. The summed E-state index contributed by atoms with van der Waals surface area (Å²) in [6, 6.07) is 26.1. The maximum absolute atomic E-state index is 12.0. The van der Waals surface area contributed by atoms with Crippen molar-refractivity contribution in [1.29, 1.82) is 0 Å². The average Bonchev–Trinajstić information content (AvgIpc) is 2.75. The summed E-state index contributed by atoms with van der Waals surface area (Å²) in [7, 11) is 0. The molecule has 0 spiro atoms. The monoisotopic (exact) mass is 386 g/mol. The lowest BCUT2D eigenvalue weighted by atomic mass is 10.1. The molecule has 0 unspecified atom stereocenters. The first kappa shape index (κ1) is 19.9. The van der Waals surface area contributed by atoms with Crippen LogP contribution in [0.1, 0.15) is 12.0 Å². The first-order valence-corrected chi connectivity index (χ1v) is 9.36. The van der Waals surface area contributed by atoms with E-state index in [4.69, 9.17) is 0 Å². The van der Waals surface area contributed by atoms with Crippen LogP contribution in [0.15, 0.2) is 95.2 Å². The Morgan fingerprint density at radius 2 is 1.28 bits per heavy atom. The summed E-state index contributed by atoms with van der Waals surface area (Å²) < 4.78 is 0. The van der Waals surface area contributed by atoms with E-state index < -0.39 is 0 Å². The van der Waals surface area contributed by atoms with E-state index >= 15 is 0 Å². The van der Waals surface area contributed by atoms with Crippen molar-refractivity contribution in [3.8, 4) is 0 Å². The number of carbonyl (C=O) groups excluding carboxylic acids is 2. The van der Waals surface area contributed by atoms with Crippen LogP contribution in [0.4, 0.5) is 17.1 Å². The van der Waals surface area contributed by atoms with Gasteiger partial charge in [0.25, 0.3) is 0 Å². The number of carbonyl (C=O) groups is 2. The minimum absolute atomic E-state index is 0.0999. The van der Waals surface area contributed by atoms with Gasteiger partial charge in [-0.25, -0.2) is 0 Å². The van der Waals surface area contributed by atoms with Crippen molar-refractivity contribution in [3.63, 3.8) is 0 Å². The van der Waals surface area contributed by atoms with Crippen LogP contribution in [-0.2, 0) is 16.0 Å². The topological polar surface area (TPSA) is 82.9 Å². The number of anilines is 1. The molecule has 0 aromatic heterocycles. The molecule has 3 aromatic rings. The third-order valence-electron chi connectivity index (χ3n) is 4.07. The number of nitrogens with one attached hydrogen (secondary N) is 2. The van der Waals surface area contributed by atoms with Gasteiger partial charge in [-0.1, -0.05) is 48.5 Å². The molecule has 0 aliphatic carbocycles. The molecule has 0 fully saturated rings. The number of nitrogens with zero attached hydrogens (tertiary/aromatic N) is 2. The molecular weight excluding hydrogens is 364 g/mol. The first-order valence-electron chi connectivity index (χ1n) is 9.36. The number of azo groups is 1. The molecule has 0 aliphatic heterocycles. The Bertz CT molecular complexity index is 955. The highest BCUT2D eigenvalue weighted by atomic mass is 16.2. The summed E-state index contributed by atoms with van der Waals surface area (Å²) >= 11 is 0. The Balaban J connectivity index is 1.40. The van der Waals surface area contributed by atoms with Crippen molar-refractivity contribution in [3.05, 3.63) is 90.5 Å². The van der Waals surface area contributed by atoms with Crippen LogP contribution in [0.25, 0.3) is 0 Å².